The molecule has 0 aliphatic rings. The molecule has 4 nitrogen and oxygen atoms in total. The largest absolute Gasteiger partial charge is 0.478 e. The lowest BCUT2D eigenvalue weighted by molar-refractivity contribution is -0.131. The summed E-state index contributed by atoms with van der Waals surface area (Å²) in [7, 11) is -3.35. The molecule has 0 radical (unpaired) electrons. The fourth-order valence-electron chi connectivity index (χ4n) is 1.86. The van der Waals surface area contributed by atoms with Gasteiger partial charge >= 0.3 is 5.97 Å². The van der Waals surface area contributed by atoms with Crippen LogP contribution in [0.5, 0.6) is 0 Å². The number of rotatable bonds is 6. The summed E-state index contributed by atoms with van der Waals surface area (Å²) in [6, 6.07) is 6.49. The van der Waals surface area contributed by atoms with Gasteiger partial charge in [-0.3, -0.25) is 0 Å². The van der Waals surface area contributed by atoms with Gasteiger partial charge in [-0.2, -0.15) is 0 Å². The molecule has 0 aliphatic heterocycles. The van der Waals surface area contributed by atoms with Crippen LogP contribution in [0.4, 0.5) is 0 Å². The van der Waals surface area contributed by atoms with E-state index in [1.54, 1.807) is 38.1 Å². The molecular formula is C15H20O4S. The first-order valence-corrected chi connectivity index (χ1v) is 8.11. The number of hydrogen-bond acceptors (Lipinski definition) is 3. The summed E-state index contributed by atoms with van der Waals surface area (Å²) in [4.78, 5) is 11.1. The Labute approximate surface area is 120 Å². The Morgan fingerprint density at radius 3 is 2.50 bits per heavy atom. The summed E-state index contributed by atoms with van der Waals surface area (Å²) in [5.41, 5.74) is 1.29. The lowest BCUT2D eigenvalue weighted by Crippen LogP contribution is -2.14. The third-order valence-electron chi connectivity index (χ3n) is 2.97. The standard InChI is InChI=1S/C15H20O4S/c1-4-6-12(10-15(16)17)13-7-5-8-14(9-13)20(18,19)11(2)3/h5,7-11H,4,6H2,1-3H3,(H,16,17)/b12-10+. The van der Waals surface area contributed by atoms with E-state index in [2.05, 4.69) is 0 Å². The van der Waals surface area contributed by atoms with Crippen molar-refractivity contribution < 1.29 is 18.3 Å². The van der Waals surface area contributed by atoms with Crippen molar-refractivity contribution in [2.45, 2.75) is 43.8 Å². The van der Waals surface area contributed by atoms with Crippen LogP contribution in [0, 0.1) is 0 Å². The Balaban J connectivity index is 3.31. The van der Waals surface area contributed by atoms with Gasteiger partial charge in [0.1, 0.15) is 0 Å². The minimum absolute atomic E-state index is 0.234. The van der Waals surface area contributed by atoms with E-state index in [0.717, 1.165) is 12.5 Å². The molecule has 0 saturated heterocycles. The first-order chi connectivity index (χ1) is 9.28. The summed E-state index contributed by atoms with van der Waals surface area (Å²) >= 11 is 0. The molecule has 0 fully saturated rings. The number of aliphatic carboxylic acids is 1. The normalized spacial score (nSPS) is 12.7. The van der Waals surface area contributed by atoms with Gasteiger partial charge in [0, 0.05) is 6.08 Å². The van der Waals surface area contributed by atoms with Gasteiger partial charge in [-0.05, 0) is 43.5 Å². The van der Waals surface area contributed by atoms with Crippen LogP contribution >= 0.6 is 0 Å². The summed E-state index contributed by atoms with van der Waals surface area (Å²) in [6.45, 7) is 5.20. The van der Waals surface area contributed by atoms with E-state index in [9.17, 15) is 13.2 Å². The highest BCUT2D eigenvalue weighted by molar-refractivity contribution is 7.92. The van der Waals surface area contributed by atoms with E-state index in [1.807, 2.05) is 6.92 Å². The van der Waals surface area contributed by atoms with E-state index in [4.69, 9.17) is 5.11 Å². The average Bonchev–Trinajstić information content (AvgIpc) is 2.37. The van der Waals surface area contributed by atoms with Gasteiger partial charge in [0.05, 0.1) is 10.1 Å². The maximum absolute atomic E-state index is 12.2. The van der Waals surface area contributed by atoms with Gasteiger partial charge in [-0.1, -0.05) is 25.5 Å². The predicted molar refractivity (Wildman–Crippen MR) is 79.3 cm³/mol. The zero-order valence-electron chi connectivity index (χ0n) is 12.0. The molecule has 1 N–H and O–H groups in total. The predicted octanol–water partition coefficient (Wildman–Crippen LogP) is 3.14. The summed E-state index contributed by atoms with van der Waals surface area (Å²) in [5.74, 6) is -1.02. The number of carboxylic acid groups (broad SMARTS) is 1. The Hall–Kier alpha value is -1.62. The van der Waals surface area contributed by atoms with Gasteiger partial charge in [0.25, 0.3) is 0 Å². The molecule has 0 aromatic heterocycles. The molecule has 0 heterocycles. The molecule has 1 aromatic rings. The number of benzene rings is 1. The van der Waals surface area contributed by atoms with Crippen molar-refractivity contribution in [3.63, 3.8) is 0 Å². The summed E-state index contributed by atoms with van der Waals surface area (Å²) in [5, 5.41) is 8.39. The smallest absolute Gasteiger partial charge is 0.328 e. The Morgan fingerprint density at radius 1 is 1.35 bits per heavy atom. The van der Waals surface area contributed by atoms with Crippen LogP contribution in [0.25, 0.3) is 5.57 Å². The maximum Gasteiger partial charge on any atom is 0.328 e. The van der Waals surface area contributed by atoms with Crippen LogP contribution in [-0.4, -0.2) is 24.7 Å². The molecule has 110 valence electrons. The lowest BCUT2D eigenvalue weighted by atomic mass is 10.0. The van der Waals surface area contributed by atoms with Crippen LogP contribution in [0.3, 0.4) is 0 Å². The number of carbonyl (C=O) groups is 1. The van der Waals surface area contributed by atoms with Crippen molar-refractivity contribution in [2.24, 2.45) is 0 Å². The monoisotopic (exact) mass is 296 g/mol. The molecule has 0 aliphatic carbocycles. The first kappa shape index (κ1) is 16.4. The molecule has 0 amide bonds. The van der Waals surface area contributed by atoms with Crippen LogP contribution in [0.1, 0.15) is 39.2 Å². The topological polar surface area (TPSA) is 71.4 Å². The minimum Gasteiger partial charge on any atom is -0.478 e. The van der Waals surface area contributed by atoms with E-state index in [1.165, 1.54) is 0 Å². The van der Waals surface area contributed by atoms with Gasteiger partial charge in [0.2, 0.25) is 0 Å². The van der Waals surface area contributed by atoms with Gasteiger partial charge in [0.15, 0.2) is 9.84 Å². The second kappa shape index (κ2) is 6.70. The van der Waals surface area contributed by atoms with E-state index in [-0.39, 0.29) is 4.90 Å². The zero-order chi connectivity index (χ0) is 15.3. The van der Waals surface area contributed by atoms with E-state index in [0.29, 0.717) is 17.6 Å². The second-order valence-corrected chi connectivity index (χ2v) is 7.38. The van der Waals surface area contributed by atoms with Crippen molar-refractivity contribution in [2.75, 3.05) is 0 Å². The van der Waals surface area contributed by atoms with Crippen LogP contribution < -0.4 is 0 Å². The van der Waals surface area contributed by atoms with Gasteiger partial charge < -0.3 is 5.11 Å². The Bertz CT molecular complexity index is 613. The second-order valence-electron chi connectivity index (χ2n) is 4.88. The Morgan fingerprint density at radius 2 is 2.00 bits per heavy atom. The van der Waals surface area contributed by atoms with Crippen molar-refractivity contribution in [3.8, 4) is 0 Å². The third-order valence-corrected chi connectivity index (χ3v) is 5.12. The molecule has 0 unspecified atom stereocenters. The zero-order valence-corrected chi connectivity index (χ0v) is 12.8. The van der Waals surface area contributed by atoms with Crippen LogP contribution in [0.2, 0.25) is 0 Å². The number of hydrogen-bond donors (Lipinski definition) is 1. The molecule has 0 atom stereocenters. The highest BCUT2D eigenvalue weighted by Crippen LogP contribution is 2.24. The minimum atomic E-state index is -3.35. The highest BCUT2D eigenvalue weighted by Gasteiger charge is 2.19. The first-order valence-electron chi connectivity index (χ1n) is 6.56. The molecule has 5 heteroatoms. The van der Waals surface area contributed by atoms with Crippen molar-refractivity contribution in [1.82, 2.24) is 0 Å². The summed E-state index contributed by atoms with van der Waals surface area (Å²) in [6.07, 6.45) is 2.53. The lowest BCUT2D eigenvalue weighted by Gasteiger charge is -2.11. The SMILES string of the molecule is CCC/C(=C\C(=O)O)c1cccc(S(=O)(=O)C(C)C)c1. The van der Waals surface area contributed by atoms with Crippen LogP contribution in [-0.2, 0) is 14.6 Å². The van der Waals surface area contributed by atoms with Crippen molar-refractivity contribution >= 4 is 21.4 Å². The molecule has 0 saturated carbocycles. The quantitative estimate of drug-likeness (QED) is 0.819. The fraction of sp³-hybridized carbons (Fsp3) is 0.400. The van der Waals surface area contributed by atoms with Gasteiger partial charge in [-0.25, -0.2) is 13.2 Å². The average molecular weight is 296 g/mol. The Kier molecular flexibility index (Phi) is 5.51. The molecular weight excluding hydrogens is 276 g/mol. The van der Waals surface area contributed by atoms with Crippen molar-refractivity contribution in [3.05, 3.63) is 35.9 Å². The number of sulfone groups is 1. The number of carboxylic acids is 1. The van der Waals surface area contributed by atoms with Gasteiger partial charge in [-0.15, -0.1) is 0 Å². The molecule has 0 bridgehead atoms. The molecule has 20 heavy (non-hydrogen) atoms. The molecule has 1 rings (SSSR count). The van der Waals surface area contributed by atoms with Crippen LogP contribution in [0.15, 0.2) is 35.2 Å². The number of allylic oxidation sites excluding steroid dienone is 1. The molecule has 1 aromatic carbocycles. The fourth-order valence-corrected chi connectivity index (χ4v) is 2.97. The highest BCUT2D eigenvalue weighted by atomic mass is 32.2. The van der Waals surface area contributed by atoms with E-state index >= 15 is 0 Å². The van der Waals surface area contributed by atoms with E-state index < -0.39 is 21.1 Å². The molecule has 0 spiro atoms. The summed E-state index contributed by atoms with van der Waals surface area (Å²) < 4.78 is 24.3. The third kappa shape index (κ3) is 3.93. The van der Waals surface area contributed by atoms with Crippen molar-refractivity contribution in [1.29, 1.82) is 0 Å². The maximum atomic E-state index is 12.2.